The SMILES string of the molecule is CCCCCN(C(C)C)C(CC)(CN)CCCC. The molecule has 0 heterocycles. The molecule has 0 aromatic carbocycles. The fourth-order valence-corrected chi connectivity index (χ4v) is 2.97. The Balaban J connectivity index is 4.73. The van der Waals surface area contributed by atoms with Crippen molar-refractivity contribution in [2.24, 2.45) is 5.73 Å². The van der Waals surface area contributed by atoms with Gasteiger partial charge >= 0.3 is 0 Å². The Morgan fingerprint density at radius 1 is 1.00 bits per heavy atom. The van der Waals surface area contributed by atoms with Crippen molar-refractivity contribution in [3.05, 3.63) is 0 Å². The van der Waals surface area contributed by atoms with E-state index in [1.54, 1.807) is 0 Å². The molecule has 0 spiro atoms. The van der Waals surface area contributed by atoms with E-state index < -0.39 is 0 Å². The minimum atomic E-state index is 0.234. The Bertz CT molecular complexity index is 186. The van der Waals surface area contributed by atoms with Crippen molar-refractivity contribution in [3.63, 3.8) is 0 Å². The zero-order valence-electron chi connectivity index (χ0n) is 13.5. The van der Waals surface area contributed by atoms with Gasteiger partial charge in [0.15, 0.2) is 0 Å². The summed E-state index contributed by atoms with van der Waals surface area (Å²) in [5.74, 6) is 0. The molecule has 0 amide bonds. The molecule has 2 N–H and O–H groups in total. The zero-order valence-corrected chi connectivity index (χ0v) is 13.5. The van der Waals surface area contributed by atoms with Crippen LogP contribution in [0.3, 0.4) is 0 Å². The van der Waals surface area contributed by atoms with Crippen LogP contribution < -0.4 is 5.73 Å². The van der Waals surface area contributed by atoms with Crippen LogP contribution in [-0.4, -0.2) is 29.6 Å². The van der Waals surface area contributed by atoms with Crippen LogP contribution >= 0.6 is 0 Å². The molecule has 18 heavy (non-hydrogen) atoms. The molecule has 0 saturated heterocycles. The highest BCUT2D eigenvalue weighted by molar-refractivity contribution is 4.92. The zero-order chi connectivity index (χ0) is 14.0. The van der Waals surface area contributed by atoms with Gasteiger partial charge in [0.25, 0.3) is 0 Å². The molecule has 2 heteroatoms. The van der Waals surface area contributed by atoms with Gasteiger partial charge in [-0.3, -0.25) is 4.90 Å². The van der Waals surface area contributed by atoms with Crippen molar-refractivity contribution in [2.45, 2.75) is 91.1 Å². The van der Waals surface area contributed by atoms with E-state index in [4.69, 9.17) is 5.73 Å². The Hall–Kier alpha value is -0.0800. The quantitative estimate of drug-likeness (QED) is 0.562. The first kappa shape index (κ1) is 17.9. The van der Waals surface area contributed by atoms with Gasteiger partial charge in [-0.25, -0.2) is 0 Å². The third-order valence-corrected chi connectivity index (χ3v) is 4.27. The molecule has 110 valence electrons. The van der Waals surface area contributed by atoms with E-state index >= 15 is 0 Å². The van der Waals surface area contributed by atoms with Gasteiger partial charge in [-0.15, -0.1) is 0 Å². The first-order valence-electron chi connectivity index (χ1n) is 8.04. The first-order valence-corrected chi connectivity index (χ1v) is 8.04. The number of hydrogen-bond donors (Lipinski definition) is 1. The average Bonchev–Trinajstić information content (AvgIpc) is 2.37. The van der Waals surface area contributed by atoms with Crippen LogP contribution in [0.15, 0.2) is 0 Å². The number of rotatable bonds is 11. The van der Waals surface area contributed by atoms with Crippen molar-refractivity contribution in [1.29, 1.82) is 0 Å². The summed E-state index contributed by atoms with van der Waals surface area (Å²) in [4.78, 5) is 2.68. The lowest BCUT2D eigenvalue weighted by molar-refractivity contribution is 0.0463. The summed E-state index contributed by atoms with van der Waals surface area (Å²) < 4.78 is 0. The van der Waals surface area contributed by atoms with Gasteiger partial charge in [-0.05, 0) is 39.7 Å². The summed E-state index contributed by atoms with van der Waals surface area (Å²) in [5, 5.41) is 0. The summed E-state index contributed by atoms with van der Waals surface area (Å²) in [6, 6.07) is 0.599. The van der Waals surface area contributed by atoms with E-state index in [-0.39, 0.29) is 5.54 Å². The van der Waals surface area contributed by atoms with Gasteiger partial charge in [0.1, 0.15) is 0 Å². The Labute approximate surface area is 115 Å². The number of unbranched alkanes of at least 4 members (excludes halogenated alkanes) is 3. The monoisotopic (exact) mass is 256 g/mol. The van der Waals surface area contributed by atoms with Crippen LogP contribution in [-0.2, 0) is 0 Å². The van der Waals surface area contributed by atoms with Gasteiger partial charge in [-0.2, -0.15) is 0 Å². The van der Waals surface area contributed by atoms with Crippen LogP contribution in [0.2, 0.25) is 0 Å². The van der Waals surface area contributed by atoms with Crippen molar-refractivity contribution in [1.82, 2.24) is 4.90 Å². The third kappa shape index (κ3) is 5.27. The van der Waals surface area contributed by atoms with Crippen LogP contribution in [0.5, 0.6) is 0 Å². The van der Waals surface area contributed by atoms with Crippen LogP contribution in [0.4, 0.5) is 0 Å². The maximum atomic E-state index is 6.16. The second-order valence-corrected chi connectivity index (χ2v) is 5.88. The fraction of sp³-hybridized carbons (Fsp3) is 1.00. The topological polar surface area (TPSA) is 29.3 Å². The largest absolute Gasteiger partial charge is 0.329 e. The molecule has 0 radical (unpaired) electrons. The Kier molecular flexibility index (Phi) is 9.76. The smallest absolute Gasteiger partial charge is 0.0331 e. The Morgan fingerprint density at radius 2 is 1.61 bits per heavy atom. The molecule has 1 atom stereocenters. The Morgan fingerprint density at radius 3 is 2.00 bits per heavy atom. The molecular weight excluding hydrogens is 220 g/mol. The number of nitrogens with two attached hydrogens (primary N) is 1. The minimum absolute atomic E-state index is 0.234. The third-order valence-electron chi connectivity index (χ3n) is 4.27. The molecule has 2 nitrogen and oxygen atoms in total. The predicted octanol–water partition coefficient (Wildman–Crippen LogP) is 4.18. The number of nitrogens with zero attached hydrogens (tertiary/aromatic N) is 1. The van der Waals surface area contributed by atoms with Crippen molar-refractivity contribution in [3.8, 4) is 0 Å². The lowest BCUT2D eigenvalue weighted by Gasteiger charge is -2.46. The highest BCUT2D eigenvalue weighted by Crippen LogP contribution is 2.28. The van der Waals surface area contributed by atoms with Crippen LogP contribution in [0.25, 0.3) is 0 Å². The summed E-state index contributed by atoms with van der Waals surface area (Å²) in [6.07, 6.45) is 8.92. The maximum Gasteiger partial charge on any atom is 0.0331 e. The average molecular weight is 256 g/mol. The highest BCUT2D eigenvalue weighted by atomic mass is 15.2. The minimum Gasteiger partial charge on any atom is -0.329 e. The van der Waals surface area contributed by atoms with Gasteiger partial charge in [0.05, 0.1) is 0 Å². The van der Waals surface area contributed by atoms with E-state index in [1.807, 2.05) is 0 Å². The van der Waals surface area contributed by atoms with E-state index in [0.717, 1.165) is 6.54 Å². The highest BCUT2D eigenvalue weighted by Gasteiger charge is 2.34. The van der Waals surface area contributed by atoms with Gasteiger partial charge < -0.3 is 5.73 Å². The van der Waals surface area contributed by atoms with Crippen molar-refractivity contribution < 1.29 is 0 Å². The second kappa shape index (κ2) is 9.80. The molecular formula is C16H36N2. The molecule has 0 aliphatic carbocycles. The maximum absolute atomic E-state index is 6.16. The molecule has 0 aromatic rings. The molecule has 1 unspecified atom stereocenters. The second-order valence-electron chi connectivity index (χ2n) is 5.88. The summed E-state index contributed by atoms with van der Waals surface area (Å²) in [6.45, 7) is 13.5. The van der Waals surface area contributed by atoms with E-state index in [0.29, 0.717) is 6.04 Å². The molecule has 0 aliphatic heterocycles. The molecule has 0 rings (SSSR count). The molecule has 0 saturated carbocycles. The van der Waals surface area contributed by atoms with Crippen LogP contribution in [0.1, 0.15) is 79.6 Å². The molecule has 0 aromatic heterocycles. The number of hydrogen-bond acceptors (Lipinski definition) is 2. The normalized spacial score (nSPS) is 15.3. The summed E-state index contributed by atoms with van der Waals surface area (Å²) in [5.41, 5.74) is 6.39. The van der Waals surface area contributed by atoms with Gasteiger partial charge in [0, 0.05) is 18.1 Å². The van der Waals surface area contributed by atoms with Crippen molar-refractivity contribution >= 4 is 0 Å². The molecule has 0 aliphatic rings. The molecule has 0 bridgehead atoms. The first-order chi connectivity index (χ1) is 8.57. The van der Waals surface area contributed by atoms with Crippen molar-refractivity contribution in [2.75, 3.05) is 13.1 Å². The van der Waals surface area contributed by atoms with E-state index in [2.05, 4.69) is 39.5 Å². The lowest BCUT2D eigenvalue weighted by Crippen LogP contribution is -2.56. The summed E-state index contributed by atoms with van der Waals surface area (Å²) >= 11 is 0. The van der Waals surface area contributed by atoms with Gasteiger partial charge in [0.2, 0.25) is 0 Å². The van der Waals surface area contributed by atoms with Gasteiger partial charge in [-0.1, -0.05) is 46.5 Å². The van der Waals surface area contributed by atoms with E-state index in [1.165, 1.54) is 51.5 Å². The van der Waals surface area contributed by atoms with Crippen LogP contribution in [0, 0.1) is 0 Å². The lowest BCUT2D eigenvalue weighted by atomic mass is 9.86. The standard InChI is InChI=1S/C16H36N2/c1-6-9-11-13-18(15(4)5)16(8-3,14-17)12-10-7-2/h15H,6-14,17H2,1-5H3. The molecule has 0 fully saturated rings. The predicted molar refractivity (Wildman–Crippen MR) is 83.0 cm³/mol. The van der Waals surface area contributed by atoms with E-state index in [9.17, 15) is 0 Å². The summed E-state index contributed by atoms with van der Waals surface area (Å²) in [7, 11) is 0. The fourth-order valence-electron chi connectivity index (χ4n) is 2.97.